The molecule has 0 spiro atoms. The first kappa shape index (κ1) is 18.7. The van der Waals surface area contributed by atoms with E-state index in [0.717, 1.165) is 11.1 Å². The highest BCUT2D eigenvalue weighted by Gasteiger charge is 2.25. The largest absolute Gasteiger partial charge is 0.480 e. The number of aliphatic carboxylic acids is 1. The van der Waals surface area contributed by atoms with Gasteiger partial charge in [-0.1, -0.05) is 60.7 Å². The number of hydrogen-bond donors (Lipinski definition) is 2. The third-order valence-electron chi connectivity index (χ3n) is 4.21. The number of nitrogens with one attached hydrogen (secondary N) is 1. The molecule has 0 saturated carbocycles. The average molecular weight is 340 g/mol. The molecule has 0 saturated heterocycles. The minimum Gasteiger partial charge on any atom is -0.480 e. The van der Waals surface area contributed by atoms with E-state index in [9.17, 15) is 14.7 Å². The molecular formula is C20H24N2O3. The first-order chi connectivity index (χ1) is 12.0. The molecule has 0 radical (unpaired) electrons. The summed E-state index contributed by atoms with van der Waals surface area (Å²) in [6, 6.07) is 17.8. The monoisotopic (exact) mass is 340 g/mol. The lowest BCUT2D eigenvalue weighted by Crippen LogP contribution is -2.50. The van der Waals surface area contributed by atoms with Gasteiger partial charge in [0.15, 0.2) is 0 Å². The first-order valence-corrected chi connectivity index (χ1v) is 8.28. The summed E-state index contributed by atoms with van der Waals surface area (Å²) in [5.41, 5.74) is 1.98. The van der Waals surface area contributed by atoms with Crippen LogP contribution < -0.4 is 5.32 Å². The quantitative estimate of drug-likeness (QED) is 0.774. The van der Waals surface area contributed by atoms with E-state index in [1.807, 2.05) is 72.6 Å². The molecule has 1 amide bonds. The van der Waals surface area contributed by atoms with Crippen molar-refractivity contribution in [2.45, 2.75) is 32.0 Å². The lowest BCUT2D eigenvalue weighted by molar-refractivity contribution is -0.142. The van der Waals surface area contributed by atoms with Crippen molar-refractivity contribution in [3.8, 4) is 0 Å². The van der Waals surface area contributed by atoms with Gasteiger partial charge in [0, 0.05) is 13.0 Å². The van der Waals surface area contributed by atoms with Crippen LogP contribution in [-0.4, -0.2) is 41.0 Å². The molecule has 2 atom stereocenters. The van der Waals surface area contributed by atoms with Crippen molar-refractivity contribution < 1.29 is 14.7 Å². The summed E-state index contributed by atoms with van der Waals surface area (Å²) in [5.74, 6) is -1.32. The van der Waals surface area contributed by atoms with Crippen LogP contribution in [0, 0.1) is 0 Å². The molecule has 2 aromatic rings. The molecule has 132 valence electrons. The fraction of sp³-hybridized carbons (Fsp3) is 0.300. The summed E-state index contributed by atoms with van der Waals surface area (Å²) in [6.45, 7) is 2.39. The van der Waals surface area contributed by atoms with E-state index in [1.165, 1.54) is 0 Å². The summed E-state index contributed by atoms with van der Waals surface area (Å²) in [4.78, 5) is 25.9. The Bertz CT molecular complexity index is 689. The van der Waals surface area contributed by atoms with Crippen LogP contribution in [-0.2, 0) is 22.6 Å². The maximum Gasteiger partial charge on any atom is 0.326 e. The maximum absolute atomic E-state index is 12.5. The fourth-order valence-electron chi connectivity index (χ4n) is 2.55. The Hall–Kier alpha value is -2.66. The number of carboxylic acid groups (broad SMARTS) is 1. The molecule has 5 nitrogen and oxygen atoms in total. The van der Waals surface area contributed by atoms with Crippen molar-refractivity contribution in [2.24, 2.45) is 0 Å². The van der Waals surface area contributed by atoms with Crippen molar-refractivity contribution in [2.75, 3.05) is 7.05 Å². The lowest BCUT2D eigenvalue weighted by Gasteiger charge is -2.25. The highest BCUT2D eigenvalue weighted by molar-refractivity contribution is 5.86. The minimum atomic E-state index is -1.03. The van der Waals surface area contributed by atoms with Gasteiger partial charge in [0.2, 0.25) is 5.91 Å². The van der Waals surface area contributed by atoms with Gasteiger partial charge in [0.1, 0.15) is 6.04 Å². The number of likely N-dealkylation sites (N-methyl/N-ethyl adjacent to an activating group) is 1. The van der Waals surface area contributed by atoms with Crippen LogP contribution in [0.3, 0.4) is 0 Å². The fourth-order valence-corrected chi connectivity index (χ4v) is 2.55. The number of carboxylic acids is 1. The minimum absolute atomic E-state index is 0.261. The molecule has 0 aliphatic carbocycles. The SMILES string of the molecule is CC(C(=O)N[C@H](Cc1ccccc1)C(=O)O)N(C)Cc1ccccc1. The van der Waals surface area contributed by atoms with Gasteiger partial charge in [-0.2, -0.15) is 0 Å². The average Bonchev–Trinajstić information content (AvgIpc) is 2.62. The molecule has 2 aromatic carbocycles. The van der Waals surface area contributed by atoms with E-state index in [-0.39, 0.29) is 12.3 Å². The molecule has 25 heavy (non-hydrogen) atoms. The summed E-state index contributed by atoms with van der Waals surface area (Å²) < 4.78 is 0. The van der Waals surface area contributed by atoms with Crippen LogP contribution in [0.15, 0.2) is 60.7 Å². The molecule has 0 heterocycles. The van der Waals surface area contributed by atoms with Crippen LogP contribution in [0.1, 0.15) is 18.1 Å². The predicted molar refractivity (Wildman–Crippen MR) is 97.1 cm³/mol. The number of hydrogen-bond acceptors (Lipinski definition) is 3. The van der Waals surface area contributed by atoms with E-state index in [4.69, 9.17) is 0 Å². The predicted octanol–water partition coefficient (Wildman–Crippen LogP) is 2.32. The van der Waals surface area contributed by atoms with Crippen molar-refractivity contribution in [1.29, 1.82) is 0 Å². The lowest BCUT2D eigenvalue weighted by atomic mass is 10.1. The molecule has 0 aliphatic rings. The molecule has 2 N–H and O–H groups in total. The van der Waals surface area contributed by atoms with Crippen LogP contribution in [0.4, 0.5) is 0 Å². The zero-order valence-corrected chi connectivity index (χ0v) is 14.6. The molecule has 0 fully saturated rings. The molecular weight excluding hydrogens is 316 g/mol. The Labute approximate surface area is 148 Å². The van der Waals surface area contributed by atoms with Gasteiger partial charge < -0.3 is 10.4 Å². The Balaban J connectivity index is 1.96. The normalized spacial score (nSPS) is 13.2. The number of carbonyl (C=O) groups is 2. The van der Waals surface area contributed by atoms with E-state index in [0.29, 0.717) is 6.54 Å². The third-order valence-corrected chi connectivity index (χ3v) is 4.21. The number of rotatable bonds is 8. The van der Waals surface area contributed by atoms with Gasteiger partial charge in [-0.05, 0) is 25.1 Å². The van der Waals surface area contributed by atoms with Crippen molar-refractivity contribution >= 4 is 11.9 Å². The highest BCUT2D eigenvalue weighted by Crippen LogP contribution is 2.08. The second kappa shape index (κ2) is 8.99. The summed E-state index contributed by atoms with van der Waals surface area (Å²) >= 11 is 0. The van der Waals surface area contributed by atoms with E-state index < -0.39 is 18.1 Å². The summed E-state index contributed by atoms with van der Waals surface area (Å²) in [5, 5.41) is 12.1. The number of carbonyl (C=O) groups excluding carboxylic acids is 1. The van der Waals surface area contributed by atoms with Gasteiger partial charge in [-0.15, -0.1) is 0 Å². The first-order valence-electron chi connectivity index (χ1n) is 8.28. The smallest absolute Gasteiger partial charge is 0.326 e. The maximum atomic E-state index is 12.5. The topological polar surface area (TPSA) is 69.6 Å². The van der Waals surface area contributed by atoms with Crippen molar-refractivity contribution in [1.82, 2.24) is 10.2 Å². The van der Waals surface area contributed by atoms with Gasteiger partial charge in [-0.3, -0.25) is 9.69 Å². The van der Waals surface area contributed by atoms with Crippen LogP contribution in [0.2, 0.25) is 0 Å². The third kappa shape index (κ3) is 5.72. The molecule has 5 heteroatoms. The zero-order chi connectivity index (χ0) is 18.2. The van der Waals surface area contributed by atoms with E-state index in [1.54, 1.807) is 6.92 Å². The number of benzene rings is 2. The van der Waals surface area contributed by atoms with Gasteiger partial charge in [0.05, 0.1) is 6.04 Å². The Morgan fingerprint density at radius 2 is 1.52 bits per heavy atom. The van der Waals surface area contributed by atoms with Gasteiger partial charge in [-0.25, -0.2) is 4.79 Å². The summed E-state index contributed by atoms with van der Waals surface area (Å²) in [7, 11) is 1.85. The standard InChI is InChI=1S/C20H24N2O3/c1-15(22(2)14-17-11-7-4-8-12-17)19(23)21-18(20(24)25)13-16-9-5-3-6-10-16/h3-12,15,18H,13-14H2,1-2H3,(H,21,23)(H,24,25)/t15?,18-/m1/s1. The number of amides is 1. The van der Waals surface area contributed by atoms with Gasteiger partial charge >= 0.3 is 5.97 Å². The summed E-state index contributed by atoms with van der Waals surface area (Å²) in [6.07, 6.45) is 0.261. The van der Waals surface area contributed by atoms with Crippen LogP contribution >= 0.6 is 0 Å². The van der Waals surface area contributed by atoms with E-state index >= 15 is 0 Å². The van der Waals surface area contributed by atoms with Crippen LogP contribution in [0.5, 0.6) is 0 Å². The van der Waals surface area contributed by atoms with Crippen molar-refractivity contribution in [3.63, 3.8) is 0 Å². The van der Waals surface area contributed by atoms with Crippen LogP contribution in [0.25, 0.3) is 0 Å². The second-order valence-corrected chi connectivity index (χ2v) is 6.17. The number of nitrogens with zero attached hydrogens (tertiary/aromatic N) is 1. The van der Waals surface area contributed by atoms with Gasteiger partial charge in [0.25, 0.3) is 0 Å². The molecule has 1 unspecified atom stereocenters. The zero-order valence-electron chi connectivity index (χ0n) is 14.6. The molecule has 0 aliphatic heterocycles. The second-order valence-electron chi connectivity index (χ2n) is 6.17. The molecule has 2 rings (SSSR count). The highest BCUT2D eigenvalue weighted by atomic mass is 16.4. The Morgan fingerprint density at radius 1 is 1.00 bits per heavy atom. The molecule has 0 bridgehead atoms. The van der Waals surface area contributed by atoms with E-state index in [2.05, 4.69) is 5.32 Å². The van der Waals surface area contributed by atoms with Crippen molar-refractivity contribution in [3.05, 3.63) is 71.8 Å². The Morgan fingerprint density at radius 3 is 2.04 bits per heavy atom. The Kier molecular flexibility index (Phi) is 6.71. The molecule has 0 aromatic heterocycles.